The summed E-state index contributed by atoms with van der Waals surface area (Å²) in [6, 6.07) is 8.51. The zero-order chi connectivity index (χ0) is 17.8. The Morgan fingerprint density at radius 3 is 2.20 bits per heavy atom. The third-order valence-electron chi connectivity index (χ3n) is 4.31. The van der Waals surface area contributed by atoms with Crippen LogP contribution in [0.25, 0.3) is 11.5 Å². The van der Waals surface area contributed by atoms with E-state index in [0.29, 0.717) is 43.1 Å². The van der Waals surface area contributed by atoms with Crippen LogP contribution in [0.2, 0.25) is 20.1 Å². The number of halogens is 4. The summed E-state index contributed by atoms with van der Waals surface area (Å²) in [4.78, 5) is 4.54. The molecule has 0 unspecified atom stereocenters. The number of nitrogens with zero attached hydrogens (tertiary/aromatic N) is 2. The first-order valence-corrected chi connectivity index (χ1v) is 8.96. The lowest BCUT2D eigenvalue weighted by Crippen LogP contribution is -2.12. The van der Waals surface area contributed by atoms with Crippen molar-refractivity contribution in [2.24, 2.45) is 0 Å². The Hall–Kier alpha value is -1.46. The number of hydrogen-bond donors (Lipinski definition) is 1. The Labute approximate surface area is 163 Å². The predicted octanol–water partition coefficient (Wildman–Crippen LogP) is 6.01. The van der Waals surface area contributed by atoms with Gasteiger partial charge >= 0.3 is 0 Å². The number of aromatic nitrogens is 2. The molecule has 0 amide bonds. The van der Waals surface area contributed by atoms with Crippen LogP contribution in [0.15, 0.2) is 34.9 Å². The fourth-order valence-electron chi connectivity index (χ4n) is 2.92. The van der Waals surface area contributed by atoms with Crippen LogP contribution in [0.3, 0.4) is 0 Å². The van der Waals surface area contributed by atoms with Crippen molar-refractivity contribution in [1.29, 1.82) is 0 Å². The van der Waals surface area contributed by atoms with Gasteiger partial charge in [-0.25, -0.2) is 0 Å². The molecule has 2 aromatic carbocycles. The highest BCUT2D eigenvalue weighted by atomic mass is 35.5. The number of anilines is 1. The van der Waals surface area contributed by atoms with Crippen molar-refractivity contribution >= 4 is 52.1 Å². The van der Waals surface area contributed by atoms with Gasteiger partial charge in [0, 0.05) is 26.9 Å². The van der Waals surface area contributed by atoms with Gasteiger partial charge < -0.3 is 10.3 Å². The van der Waals surface area contributed by atoms with Crippen LogP contribution in [-0.2, 0) is 5.41 Å². The molecular formula is C17H11Cl4N3O. The van der Waals surface area contributed by atoms with E-state index >= 15 is 0 Å². The van der Waals surface area contributed by atoms with Crippen LogP contribution >= 0.6 is 46.4 Å². The number of nitrogen functional groups attached to an aromatic ring is 1. The third-order valence-corrected chi connectivity index (χ3v) is 5.65. The van der Waals surface area contributed by atoms with Gasteiger partial charge in [-0.3, -0.25) is 0 Å². The topological polar surface area (TPSA) is 64.9 Å². The van der Waals surface area contributed by atoms with Gasteiger partial charge in [-0.1, -0.05) is 51.6 Å². The van der Waals surface area contributed by atoms with Crippen LogP contribution < -0.4 is 5.73 Å². The van der Waals surface area contributed by atoms with Crippen molar-refractivity contribution < 1.29 is 4.52 Å². The summed E-state index contributed by atoms with van der Waals surface area (Å²) < 4.78 is 5.42. The van der Waals surface area contributed by atoms with Gasteiger partial charge in [0.2, 0.25) is 0 Å². The number of nitrogens with two attached hydrogens (primary N) is 1. The van der Waals surface area contributed by atoms with Gasteiger partial charge in [-0.2, -0.15) is 4.98 Å². The van der Waals surface area contributed by atoms with Crippen LogP contribution in [0, 0.1) is 0 Å². The molecule has 25 heavy (non-hydrogen) atoms. The Morgan fingerprint density at radius 1 is 0.920 bits per heavy atom. The maximum Gasteiger partial charge on any atom is 0.258 e. The summed E-state index contributed by atoms with van der Waals surface area (Å²) in [6.45, 7) is 0. The second-order valence-corrected chi connectivity index (χ2v) is 7.62. The molecule has 128 valence electrons. The Morgan fingerprint density at radius 2 is 1.60 bits per heavy atom. The minimum Gasteiger partial charge on any atom is -0.399 e. The monoisotopic (exact) mass is 413 g/mol. The average molecular weight is 415 g/mol. The van der Waals surface area contributed by atoms with Gasteiger partial charge in [0.05, 0.1) is 15.5 Å². The average Bonchev–Trinajstić information content (AvgIpc) is 3.17. The van der Waals surface area contributed by atoms with Gasteiger partial charge in [-0.15, -0.1) is 0 Å². The Kier molecular flexibility index (Phi) is 4.12. The fraction of sp³-hybridized carbons (Fsp3) is 0.176. The van der Waals surface area contributed by atoms with E-state index in [-0.39, 0.29) is 0 Å². The summed E-state index contributed by atoms with van der Waals surface area (Å²) in [5.41, 5.74) is 7.34. The Balaban J connectivity index is 1.76. The maximum absolute atomic E-state index is 6.39. The number of benzene rings is 2. The minimum atomic E-state index is -0.445. The smallest absolute Gasteiger partial charge is 0.258 e. The lowest BCUT2D eigenvalue weighted by Gasteiger charge is -2.15. The number of hydrogen-bond acceptors (Lipinski definition) is 4. The van der Waals surface area contributed by atoms with Crippen LogP contribution in [0.4, 0.5) is 5.69 Å². The fourth-order valence-corrected chi connectivity index (χ4v) is 4.09. The van der Waals surface area contributed by atoms with Crippen molar-refractivity contribution in [1.82, 2.24) is 10.1 Å². The molecular weight excluding hydrogens is 404 g/mol. The molecule has 1 fully saturated rings. The van der Waals surface area contributed by atoms with Crippen molar-refractivity contribution in [3.8, 4) is 11.5 Å². The number of rotatable bonds is 3. The van der Waals surface area contributed by atoms with Gasteiger partial charge in [0.25, 0.3) is 5.89 Å². The van der Waals surface area contributed by atoms with Gasteiger partial charge in [-0.05, 0) is 43.2 Å². The summed E-state index contributed by atoms with van der Waals surface area (Å²) in [5.74, 6) is 0.907. The van der Waals surface area contributed by atoms with Crippen LogP contribution in [0.5, 0.6) is 0 Å². The standard InChI is InChI=1S/C17H11Cl4N3O/c18-10-2-1-8(5-11(10)19)15-23-16(24-25-15)17(3-4-17)14-12(20)6-9(22)7-13(14)21/h1-2,5-7H,3-4,22H2. The summed E-state index contributed by atoms with van der Waals surface area (Å²) >= 11 is 24.8. The molecule has 0 spiro atoms. The molecule has 8 heteroatoms. The highest BCUT2D eigenvalue weighted by Crippen LogP contribution is 2.56. The van der Waals surface area contributed by atoms with Gasteiger partial charge in [0.1, 0.15) is 0 Å². The normalized spacial score (nSPS) is 15.4. The SMILES string of the molecule is Nc1cc(Cl)c(C2(c3noc(-c4ccc(Cl)c(Cl)c4)n3)CC2)c(Cl)c1. The van der Waals surface area contributed by atoms with Crippen LogP contribution in [0.1, 0.15) is 24.2 Å². The molecule has 4 rings (SSSR count). The van der Waals surface area contributed by atoms with E-state index < -0.39 is 5.41 Å². The zero-order valence-electron chi connectivity index (χ0n) is 12.7. The van der Waals surface area contributed by atoms with E-state index in [9.17, 15) is 0 Å². The molecule has 1 aromatic heterocycles. The predicted molar refractivity (Wildman–Crippen MR) is 101 cm³/mol. The molecule has 0 radical (unpaired) electrons. The molecule has 3 aromatic rings. The van der Waals surface area contributed by atoms with E-state index in [1.165, 1.54) is 0 Å². The van der Waals surface area contributed by atoms with Gasteiger partial charge in [0.15, 0.2) is 5.82 Å². The van der Waals surface area contributed by atoms with E-state index in [1.807, 2.05) is 0 Å². The molecule has 1 heterocycles. The molecule has 0 atom stereocenters. The van der Waals surface area contributed by atoms with E-state index in [2.05, 4.69) is 10.1 Å². The van der Waals surface area contributed by atoms with E-state index in [4.69, 9.17) is 56.7 Å². The van der Waals surface area contributed by atoms with Crippen molar-refractivity contribution in [3.63, 3.8) is 0 Å². The van der Waals surface area contributed by atoms with E-state index in [0.717, 1.165) is 18.4 Å². The summed E-state index contributed by atoms with van der Waals surface area (Å²) in [7, 11) is 0. The molecule has 1 aliphatic rings. The lowest BCUT2D eigenvalue weighted by molar-refractivity contribution is 0.418. The second-order valence-electron chi connectivity index (χ2n) is 5.99. The highest BCUT2D eigenvalue weighted by Gasteiger charge is 2.52. The molecule has 0 aliphatic heterocycles. The first-order chi connectivity index (χ1) is 11.9. The van der Waals surface area contributed by atoms with Crippen molar-refractivity contribution in [3.05, 3.63) is 61.8 Å². The first kappa shape index (κ1) is 17.0. The quantitative estimate of drug-likeness (QED) is 0.532. The minimum absolute atomic E-state index is 0.363. The molecule has 0 bridgehead atoms. The van der Waals surface area contributed by atoms with Crippen molar-refractivity contribution in [2.75, 3.05) is 5.73 Å². The zero-order valence-corrected chi connectivity index (χ0v) is 15.7. The first-order valence-electron chi connectivity index (χ1n) is 7.45. The lowest BCUT2D eigenvalue weighted by atomic mass is 9.94. The molecule has 4 nitrogen and oxygen atoms in total. The largest absolute Gasteiger partial charge is 0.399 e. The second kappa shape index (κ2) is 6.06. The highest BCUT2D eigenvalue weighted by molar-refractivity contribution is 6.42. The molecule has 1 saturated carbocycles. The molecule has 1 aliphatic carbocycles. The summed E-state index contributed by atoms with van der Waals surface area (Å²) in [6.07, 6.45) is 1.66. The maximum atomic E-state index is 6.39. The molecule has 0 saturated heterocycles. The van der Waals surface area contributed by atoms with Crippen LogP contribution in [-0.4, -0.2) is 10.1 Å². The molecule has 2 N–H and O–H groups in total. The van der Waals surface area contributed by atoms with E-state index in [1.54, 1.807) is 30.3 Å². The summed E-state index contributed by atoms with van der Waals surface area (Å²) in [5, 5.41) is 6.04. The third kappa shape index (κ3) is 2.87. The van der Waals surface area contributed by atoms with Crippen molar-refractivity contribution in [2.45, 2.75) is 18.3 Å². The Bertz CT molecular complexity index is 959.